The van der Waals surface area contributed by atoms with Crippen molar-refractivity contribution in [2.75, 3.05) is 6.54 Å². The van der Waals surface area contributed by atoms with E-state index < -0.39 is 17.9 Å². The molecule has 1 saturated heterocycles. The molecule has 0 bridgehead atoms. The molecule has 2 fully saturated rings. The van der Waals surface area contributed by atoms with E-state index in [2.05, 4.69) is 12.2 Å². The van der Waals surface area contributed by atoms with Gasteiger partial charge in [0.15, 0.2) is 0 Å². The van der Waals surface area contributed by atoms with E-state index >= 15 is 0 Å². The molecule has 2 rings (SSSR count). The van der Waals surface area contributed by atoms with Gasteiger partial charge in [0.25, 0.3) is 0 Å². The molecule has 1 heterocycles. The van der Waals surface area contributed by atoms with Crippen LogP contribution in [0.2, 0.25) is 0 Å². The molecule has 2 N–H and O–H groups in total. The zero-order valence-corrected chi connectivity index (χ0v) is 14.2. The summed E-state index contributed by atoms with van der Waals surface area (Å²) < 4.78 is 0. The summed E-state index contributed by atoms with van der Waals surface area (Å²) >= 11 is 0. The van der Waals surface area contributed by atoms with E-state index in [1.54, 1.807) is 13.8 Å². The first-order valence-electron chi connectivity index (χ1n) is 8.62. The molecule has 0 aromatic heterocycles. The number of rotatable bonds is 5. The molecule has 6 nitrogen and oxygen atoms in total. The molecule has 130 valence electrons. The summed E-state index contributed by atoms with van der Waals surface area (Å²) in [5.41, 5.74) is 0. The van der Waals surface area contributed by atoms with Gasteiger partial charge in [-0.2, -0.15) is 0 Å². The molecule has 23 heavy (non-hydrogen) atoms. The Morgan fingerprint density at radius 2 is 1.83 bits per heavy atom. The predicted octanol–water partition coefficient (Wildman–Crippen LogP) is 1.64. The maximum Gasteiger partial charge on any atom is 0.326 e. The molecule has 1 unspecified atom stereocenters. The number of amides is 2. The minimum absolute atomic E-state index is 0.0288. The van der Waals surface area contributed by atoms with Crippen LogP contribution in [0.15, 0.2) is 0 Å². The van der Waals surface area contributed by atoms with Crippen LogP contribution in [-0.2, 0) is 14.4 Å². The molecule has 6 heteroatoms. The van der Waals surface area contributed by atoms with E-state index in [9.17, 15) is 19.5 Å². The first-order chi connectivity index (χ1) is 10.8. The smallest absolute Gasteiger partial charge is 0.326 e. The number of carboxylic acid groups (broad SMARTS) is 1. The summed E-state index contributed by atoms with van der Waals surface area (Å²) in [5, 5.41) is 11.8. The zero-order valence-electron chi connectivity index (χ0n) is 14.2. The number of likely N-dealkylation sites (tertiary alicyclic amines) is 1. The summed E-state index contributed by atoms with van der Waals surface area (Å²) in [6.45, 7) is 6.17. The van der Waals surface area contributed by atoms with E-state index in [0.717, 1.165) is 25.7 Å². The zero-order chi connectivity index (χ0) is 17.1. The molecule has 1 aliphatic carbocycles. The van der Waals surface area contributed by atoms with Gasteiger partial charge in [-0.1, -0.05) is 20.8 Å². The molecular formula is C17H28N2O4. The van der Waals surface area contributed by atoms with Crippen LogP contribution in [0.25, 0.3) is 0 Å². The van der Waals surface area contributed by atoms with Crippen molar-refractivity contribution in [1.29, 1.82) is 0 Å². The first-order valence-corrected chi connectivity index (χ1v) is 8.62. The molecule has 2 atom stereocenters. The highest BCUT2D eigenvalue weighted by Gasteiger charge is 2.39. The molecule has 0 spiro atoms. The fraction of sp³-hybridized carbons (Fsp3) is 0.824. The summed E-state index contributed by atoms with van der Waals surface area (Å²) in [6, 6.07) is -0.654. The lowest BCUT2D eigenvalue weighted by Crippen LogP contribution is -2.47. The number of hydrogen-bond acceptors (Lipinski definition) is 3. The number of hydrogen-bond donors (Lipinski definition) is 2. The predicted molar refractivity (Wildman–Crippen MR) is 85.6 cm³/mol. The topological polar surface area (TPSA) is 86.7 Å². The standard InChI is InChI=1S/C17H28N2O4/c1-10(2)15(17(22)23)18-16(21)12-8-14(20)19(9-12)13-6-4-11(3)5-7-13/h10-13,15H,4-9H2,1-3H3,(H,18,21)(H,22,23)/t11?,12?,13?,15-/m0/s1. The van der Waals surface area contributed by atoms with Gasteiger partial charge in [0, 0.05) is 19.0 Å². The van der Waals surface area contributed by atoms with Gasteiger partial charge >= 0.3 is 5.97 Å². The van der Waals surface area contributed by atoms with Gasteiger partial charge in [-0.15, -0.1) is 0 Å². The van der Waals surface area contributed by atoms with Crippen molar-refractivity contribution in [3.05, 3.63) is 0 Å². The van der Waals surface area contributed by atoms with Crippen LogP contribution in [0, 0.1) is 17.8 Å². The van der Waals surface area contributed by atoms with Gasteiger partial charge in [0.1, 0.15) is 6.04 Å². The Kier molecular flexibility index (Phi) is 5.65. The van der Waals surface area contributed by atoms with E-state index in [0.29, 0.717) is 12.5 Å². The fourth-order valence-corrected chi connectivity index (χ4v) is 3.60. The monoisotopic (exact) mass is 324 g/mol. The highest BCUT2D eigenvalue weighted by Crippen LogP contribution is 2.31. The summed E-state index contributed by atoms with van der Waals surface area (Å²) in [7, 11) is 0. The van der Waals surface area contributed by atoms with Crippen LogP contribution in [-0.4, -0.2) is 46.4 Å². The lowest BCUT2D eigenvalue weighted by molar-refractivity contribution is -0.143. The molecule has 0 aromatic rings. The Bertz CT molecular complexity index is 469. The Hall–Kier alpha value is -1.59. The van der Waals surface area contributed by atoms with Crippen molar-refractivity contribution in [2.45, 2.75) is 65.0 Å². The van der Waals surface area contributed by atoms with Crippen LogP contribution in [0.5, 0.6) is 0 Å². The Morgan fingerprint density at radius 3 is 2.35 bits per heavy atom. The van der Waals surface area contributed by atoms with Gasteiger partial charge in [-0.25, -0.2) is 4.79 Å². The lowest BCUT2D eigenvalue weighted by Gasteiger charge is -2.33. The van der Waals surface area contributed by atoms with Gasteiger partial charge in [0.05, 0.1) is 5.92 Å². The minimum atomic E-state index is -1.03. The first kappa shape index (κ1) is 17.8. The van der Waals surface area contributed by atoms with E-state index in [1.807, 2.05) is 4.90 Å². The van der Waals surface area contributed by atoms with Crippen LogP contribution >= 0.6 is 0 Å². The summed E-state index contributed by atoms with van der Waals surface area (Å²) in [6.07, 6.45) is 4.46. The van der Waals surface area contributed by atoms with Crippen LogP contribution < -0.4 is 5.32 Å². The van der Waals surface area contributed by atoms with E-state index in [4.69, 9.17) is 0 Å². The SMILES string of the molecule is CC1CCC(N2CC(C(=O)N[C@H](C(=O)O)C(C)C)CC2=O)CC1. The van der Waals surface area contributed by atoms with Crippen LogP contribution in [0.1, 0.15) is 52.9 Å². The van der Waals surface area contributed by atoms with Gasteiger partial charge < -0.3 is 15.3 Å². The summed E-state index contributed by atoms with van der Waals surface area (Å²) in [4.78, 5) is 37.6. The van der Waals surface area contributed by atoms with Crippen LogP contribution in [0.3, 0.4) is 0 Å². The number of aliphatic carboxylic acids is 1. The van der Waals surface area contributed by atoms with E-state index in [-0.39, 0.29) is 30.2 Å². The van der Waals surface area contributed by atoms with Crippen molar-refractivity contribution in [2.24, 2.45) is 17.8 Å². The van der Waals surface area contributed by atoms with Gasteiger partial charge in [-0.05, 0) is 37.5 Å². The average molecular weight is 324 g/mol. The number of nitrogens with zero attached hydrogens (tertiary/aromatic N) is 1. The largest absolute Gasteiger partial charge is 0.480 e. The van der Waals surface area contributed by atoms with Crippen molar-refractivity contribution in [1.82, 2.24) is 10.2 Å². The Labute approximate surface area is 137 Å². The highest BCUT2D eigenvalue weighted by atomic mass is 16.4. The average Bonchev–Trinajstić information content (AvgIpc) is 2.86. The van der Waals surface area contributed by atoms with Crippen molar-refractivity contribution < 1.29 is 19.5 Å². The normalized spacial score (nSPS) is 29.7. The quantitative estimate of drug-likeness (QED) is 0.805. The maximum absolute atomic E-state index is 12.3. The third-order valence-electron chi connectivity index (χ3n) is 5.19. The lowest BCUT2D eigenvalue weighted by atomic mass is 9.86. The molecule has 0 radical (unpaired) electrons. The van der Waals surface area contributed by atoms with Crippen molar-refractivity contribution in [3.63, 3.8) is 0 Å². The third-order valence-corrected chi connectivity index (χ3v) is 5.19. The molecular weight excluding hydrogens is 296 g/mol. The van der Waals surface area contributed by atoms with E-state index in [1.165, 1.54) is 0 Å². The van der Waals surface area contributed by atoms with Crippen molar-refractivity contribution >= 4 is 17.8 Å². The second-order valence-corrected chi connectivity index (χ2v) is 7.43. The highest BCUT2D eigenvalue weighted by molar-refractivity contribution is 5.91. The second kappa shape index (κ2) is 7.32. The maximum atomic E-state index is 12.3. The fourth-order valence-electron chi connectivity index (χ4n) is 3.60. The second-order valence-electron chi connectivity index (χ2n) is 7.43. The number of nitrogens with one attached hydrogen (secondary N) is 1. The summed E-state index contributed by atoms with van der Waals surface area (Å²) in [5.74, 6) is -1.22. The van der Waals surface area contributed by atoms with Gasteiger partial charge in [-0.3, -0.25) is 9.59 Å². The molecule has 1 aliphatic heterocycles. The third kappa shape index (κ3) is 4.24. The number of carbonyl (C=O) groups is 3. The minimum Gasteiger partial charge on any atom is -0.480 e. The molecule has 1 saturated carbocycles. The number of carboxylic acids is 1. The Balaban J connectivity index is 1.93. The number of carbonyl (C=O) groups excluding carboxylic acids is 2. The molecule has 0 aromatic carbocycles. The molecule has 2 amide bonds. The van der Waals surface area contributed by atoms with Crippen LogP contribution in [0.4, 0.5) is 0 Å². The van der Waals surface area contributed by atoms with Crippen molar-refractivity contribution in [3.8, 4) is 0 Å². The Morgan fingerprint density at radius 1 is 1.22 bits per heavy atom. The molecule has 2 aliphatic rings. The van der Waals surface area contributed by atoms with Gasteiger partial charge in [0.2, 0.25) is 11.8 Å².